The van der Waals surface area contributed by atoms with Crippen molar-refractivity contribution in [3.05, 3.63) is 36.9 Å². The number of para-hydroxylation sites is 1. The molecule has 1 aliphatic rings. The smallest absolute Gasteiger partial charge is 0.124 e. The van der Waals surface area contributed by atoms with E-state index < -0.39 is 0 Å². The molecule has 0 aromatic heterocycles. The predicted molar refractivity (Wildman–Crippen MR) is 58.6 cm³/mol. The molecule has 1 aliphatic heterocycles. The Labute approximate surface area is 90.6 Å². The first-order chi connectivity index (χ1) is 7.31. The van der Waals surface area contributed by atoms with Crippen LogP contribution in [0.5, 0.6) is 5.75 Å². The Hall–Kier alpha value is -1.06. The molecule has 1 fully saturated rings. The molecule has 0 N–H and O–H groups in total. The van der Waals surface area contributed by atoms with Gasteiger partial charge in [-0.25, -0.2) is 0 Å². The minimum atomic E-state index is 0.0763. The molecule has 82 valence electrons. The SMILES string of the molecule is [CH2-]N1CCOC(c2ccccc2OC)C1. The molecule has 0 aliphatic carbocycles. The van der Waals surface area contributed by atoms with Crippen LogP contribution in [-0.4, -0.2) is 31.7 Å². The first-order valence-corrected chi connectivity index (χ1v) is 5.11. The van der Waals surface area contributed by atoms with Crippen molar-refractivity contribution in [2.45, 2.75) is 6.10 Å². The van der Waals surface area contributed by atoms with Crippen LogP contribution in [0.1, 0.15) is 11.7 Å². The van der Waals surface area contributed by atoms with E-state index in [0.717, 1.165) is 31.0 Å². The van der Waals surface area contributed by atoms with Gasteiger partial charge in [0.05, 0.1) is 19.8 Å². The number of ether oxygens (including phenoxy) is 2. The molecule has 3 nitrogen and oxygen atoms in total. The molecule has 1 atom stereocenters. The molecule has 1 unspecified atom stereocenters. The Kier molecular flexibility index (Phi) is 3.23. The highest BCUT2D eigenvalue weighted by atomic mass is 16.5. The Morgan fingerprint density at radius 1 is 1.47 bits per heavy atom. The Balaban J connectivity index is 2.20. The average Bonchev–Trinajstić information content (AvgIpc) is 2.29. The van der Waals surface area contributed by atoms with E-state index in [1.165, 1.54) is 0 Å². The third-order valence-corrected chi connectivity index (χ3v) is 2.64. The number of hydrogen-bond donors (Lipinski definition) is 0. The Morgan fingerprint density at radius 3 is 3.00 bits per heavy atom. The fourth-order valence-corrected chi connectivity index (χ4v) is 1.82. The van der Waals surface area contributed by atoms with Gasteiger partial charge in [0.25, 0.3) is 0 Å². The van der Waals surface area contributed by atoms with Crippen LogP contribution in [0.2, 0.25) is 0 Å². The summed E-state index contributed by atoms with van der Waals surface area (Å²) >= 11 is 0. The quantitative estimate of drug-likeness (QED) is 0.689. The van der Waals surface area contributed by atoms with Gasteiger partial charge in [0.15, 0.2) is 0 Å². The number of hydrogen-bond acceptors (Lipinski definition) is 3. The van der Waals surface area contributed by atoms with Crippen LogP contribution in [0.25, 0.3) is 0 Å². The van der Waals surface area contributed by atoms with Gasteiger partial charge in [-0.2, -0.15) is 0 Å². The number of benzene rings is 1. The number of nitrogens with zero attached hydrogens (tertiary/aromatic N) is 1. The van der Waals surface area contributed by atoms with Crippen molar-refractivity contribution in [1.82, 2.24) is 4.90 Å². The maximum atomic E-state index is 5.72. The zero-order chi connectivity index (χ0) is 10.7. The standard InChI is InChI=1S/C12H16NO2/c1-13-7-8-15-12(9-13)10-5-3-4-6-11(10)14-2/h3-6,12H,1,7-9H2,2H3/q-1. The fourth-order valence-electron chi connectivity index (χ4n) is 1.82. The van der Waals surface area contributed by atoms with Crippen LogP contribution in [0.4, 0.5) is 0 Å². The molecule has 0 bridgehead atoms. The lowest BCUT2D eigenvalue weighted by molar-refractivity contribution is -0.0159. The molecule has 1 aromatic carbocycles. The average molecular weight is 206 g/mol. The Morgan fingerprint density at radius 2 is 2.27 bits per heavy atom. The predicted octanol–water partition coefficient (Wildman–Crippen LogP) is 1.86. The summed E-state index contributed by atoms with van der Waals surface area (Å²) in [5, 5.41) is 0. The van der Waals surface area contributed by atoms with Crippen molar-refractivity contribution < 1.29 is 9.47 Å². The second kappa shape index (κ2) is 4.64. The zero-order valence-electron chi connectivity index (χ0n) is 8.98. The molecule has 3 heteroatoms. The third kappa shape index (κ3) is 2.30. The van der Waals surface area contributed by atoms with Gasteiger partial charge in [-0.1, -0.05) is 18.2 Å². The summed E-state index contributed by atoms with van der Waals surface area (Å²) in [6, 6.07) is 7.97. The van der Waals surface area contributed by atoms with Gasteiger partial charge < -0.3 is 14.4 Å². The van der Waals surface area contributed by atoms with Crippen molar-refractivity contribution in [1.29, 1.82) is 0 Å². The van der Waals surface area contributed by atoms with Gasteiger partial charge in [-0.3, -0.25) is 7.05 Å². The minimum absolute atomic E-state index is 0.0763. The summed E-state index contributed by atoms with van der Waals surface area (Å²) < 4.78 is 11.0. The molecule has 0 saturated carbocycles. The van der Waals surface area contributed by atoms with E-state index in [0.29, 0.717) is 0 Å². The molecule has 0 spiro atoms. The normalized spacial score (nSPS) is 22.7. The van der Waals surface area contributed by atoms with E-state index >= 15 is 0 Å². The number of rotatable bonds is 2. The highest BCUT2D eigenvalue weighted by molar-refractivity contribution is 5.35. The van der Waals surface area contributed by atoms with Crippen LogP contribution in [-0.2, 0) is 4.74 Å². The van der Waals surface area contributed by atoms with E-state index in [-0.39, 0.29) is 6.10 Å². The zero-order valence-corrected chi connectivity index (χ0v) is 8.98. The summed E-state index contributed by atoms with van der Waals surface area (Å²) in [5.41, 5.74) is 1.10. The monoisotopic (exact) mass is 206 g/mol. The van der Waals surface area contributed by atoms with Gasteiger partial charge in [-0.05, 0) is 12.6 Å². The number of morpholine rings is 1. The third-order valence-electron chi connectivity index (χ3n) is 2.64. The molecule has 15 heavy (non-hydrogen) atoms. The molecule has 1 saturated heterocycles. The van der Waals surface area contributed by atoms with Crippen molar-refractivity contribution >= 4 is 0 Å². The van der Waals surface area contributed by atoms with Crippen LogP contribution < -0.4 is 4.74 Å². The van der Waals surface area contributed by atoms with Crippen LogP contribution in [0.15, 0.2) is 24.3 Å². The maximum absolute atomic E-state index is 5.72. The van der Waals surface area contributed by atoms with E-state index in [2.05, 4.69) is 7.05 Å². The van der Waals surface area contributed by atoms with Gasteiger partial charge in [0, 0.05) is 12.1 Å². The van der Waals surface area contributed by atoms with Crippen molar-refractivity contribution in [2.75, 3.05) is 26.8 Å². The number of methoxy groups -OCH3 is 1. The van der Waals surface area contributed by atoms with E-state index in [1.54, 1.807) is 7.11 Å². The summed E-state index contributed by atoms with van der Waals surface area (Å²) in [7, 11) is 5.63. The first kappa shape index (κ1) is 10.5. The van der Waals surface area contributed by atoms with Crippen LogP contribution in [0, 0.1) is 7.05 Å². The maximum Gasteiger partial charge on any atom is 0.124 e. The molecular formula is C12H16NO2-. The minimum Gasteiger partial charge on any atom is -0.496 e. The Bertz CT molecular complexity index is 327. The van der Waals surface area contributed by atoms with Crippen molar-refractivity contribution in [3.63, 3.8) is 0 Å². The van der Waals surface area contributed by atoms with Gasteiger partial charge in [0.1, 0.15) is 5.75 Å². The van der Waals surface area contributed by atoms with Gasteiger partial charge >= 0.3 is 0 Å². The molecular weight excluding hydrogens is 190 g/mol. The summed E-state index contributed by atoms with van der Waals surface area (Å²) in [5.74, 6) is 0.887. The topological polar surface area (TPSA) is 21.7 Å². The first-order valence-electron chi connectivity index (χ1n) is 5.11. The summed E-state index contributed by atoms with van der Waals surface area (Å²) in [4.78, 5) is 2.03. The fraction of sp³-hybridized carbons (Fsp3) is 0.417. The van der Waals surface area contributed by atoms with E-state index in [9.17, 15) is 0 Å². The van der Waals surface area contributed by atoms with Crippen molar-refractivity contribution in [3.8, 4) is 5.75 Å². The van der Waals surface area contributed by atoms with Crippen LogP contribution in [0.3, 0.4) is 0 Å². The second-order valence-corrected chi connectivity index (χ2v) is 3.68. The van der Waals surface area contributed by atoms with Gasteiger partial charge in [0.2, 0.25) is 0 Å². The highest BCUT2D eigenvalue weighted by Gasteiger charge is 2.19. The lowest BCUT2D eigenvalue weighted by atomic mass is 10.1. The largest absolute Gasteiger partial charge is 0.496 e. The highest BCUT2D eigenvalue weighted by Crippen LogP contribution is 2.29. The lowest BCUT2D eigenvalue weighted by Crippen LogP contribution is -2.34. The molecule has 0 radical (unpaired) electrons. The summed E-state index contributed by atoms with van der Waals surface area (Å²) in [6.45, 7) is 2.44. The summed E-state index contributed by atoms with van der Waals surface area (Å²) in [6.07, 6.45) is 0.0763. The van der Waals surface area contributed by atoms with Gasteiger partial charge in [-0.15, -0.1) is 0 Å². The molecule has 0 amide bonds. The lowest BCUT2D eigenvalue weighted by Gasteiger charge is -2.36. The molecule has 1 aromatic rings. The van der Waals surface area contributed by atoms with Crippen LogP contribution >= 0.6 is 0 Å². The molecule has 1 heterocycles. The molecule has 2 rings (SSSR count). The van der Waals surface area contributed by atoms with E-state index in [1.807, 2.05) is 29.2 Å². The second-order valence-electron chi connectivity index (χ2n) is 3.68. The van der Waals surface area contributed by atoms with Crippen molar-refractivity contribution in [2.24, 2.45) is 0 Å². The van der Waals surface area contributed by atoms with E-state index in [4.69, 9.17) is 9.47 Å².